The molecule has 1 heterocycles. The van der Waals surface area contributed by atoms with Gasteiger partial charge >= 0.3 is 5.97 Å². The zero-order valence-electron chi connectivity index (χ0n) is 11.2. The third-order valence-corrected chi connectivity index (χ3v) is 3.10. The third kappa shape index (κ3) is 2.43. The molecule has 1 aromatic heterocycles. The van der Waals surface area contributed by atoms with Crippen molar-refractivity contribution in [1.82, 2.24) is 4.98 Å². The number of carboxylic acid groups (broad SMARTS) is 1. The van der Waals surface area contributed by atoms with Crippen molar-refractivity contribution in [2.75, 3.05) is 0 Å². The van der Waals surface area contributed by atoms with E-state index in [4.69, 9.17) is 0 Å². The molecule has 3 nitrogen and oxygen atoms in total. The largest absolute Gasteiger partial charge is 0.478 e. The summed E-state index contributed by atoms with van der Waals surface area (Å²) in [6.45, 7) is 5.76. The van der Waals surface area contributed by atoms with E-state index in [1.165, 1.54) is 12.1 Å². The summed E-state index contributed by atoms with van der Waals surface area (Å²) in [4.78, 5) is 15.8. The summed E-state index contributed by atoms with van der Waals surface area (Å²) < 4.78 is 13.7. The summed E-state index contributed by atoms with van der Waals surface area (Å²) in [5.41, 5.74) is 1.59. The standard InChI is InChI=1S/C15H16FNO2/c1-8(2)7-11-9(3)17-14-10(13(11)15(18)19)5-4-6-12(14)16/h4-6,8H,7H2,1-3H3,(H,18,19). The van der Waals surface area contributed by atoms with Gasteiger partial charge in [-0.05, 0) is 30.9 Å². The van der Waals surface area contributed by atoms with Gasteiger partial charge in [-0.1, -0.05) is 26.0 Å². The zero-order chi connectivity index (χ0) is 14.2. The number of nitrogens with zero attached hydrogens (tertiary/aromatic N) is 1. The van der Waals surface area contributed by atoms with E-state index in [9.17, 15) is 14.3 Å². The summed E-state index contributed by atoms with van der Waals surface area (Å²) in [5.74, 6) is -1.21. The molecule has 0 saturated heterocycles. The molecule has 0 unspecified atom stereocenters. The van der Waals surface area contributed by atoms with Crippen molar-refractivity contribution >= 4 is 16.9 Å². The first-order valence-electron chi connectivity index (χ1n) is 6.22. The Bertz CT molecular complexity index is 650. The predicted molar refractivity (Wildman–Crippen MR) is 71.9 cm³/mol. The molecule has 0 aliphatic heterocycles. The summed E-state index contributed by atoms with van der Waals surface area (Å²) in [7, 11) is 0. The highest BCUT2D eigenvalue weighted by molar-refractivity contribution is 6.04. The molecule has 0 fully saturated rings. The number of aromatic carboxylic acids is 1. The lowest BCUT2D eigenvalue weighted by atomic mass is 9.94. The predicted octanol–water partition coefficient (Wildman–Crippen LogP) is 3.58. The van der Waals surface area contributed by atoms with Crippen LogP contribution in [0.3, 0.4) is 0 Å². The van der Waals surface area contributed by atoms with Gasteiger partial charge in [0.15, 0.2) is 0 Å². The van der Waals surface area contributed by atoms with Gasteiger partial charge in [0.25, 0.3) is 0 Å². The number of carboxylic acids is 1. The van der Waals surface area contributed by atoms with Crippen molar-refractivity contribution in [1.29, 1.82) is 0 Å². The Kier molecular flexibility index (Phi) is 3.51. The molecule has 100 valence electrons. The van der Waals surface area contributed by atoms with E-state index in [2.05, 4.69) is 4.98 Å². The minimum absolute atomic E-state index is 0.130. The van der Waals surface area contributed by atoms with Gasteiger partial charge in [0.1, 0.15) is 11.3 Å². The summed E-state index contributed by atoms with van der Waals surface area (Å²) in [6.07, 6.45) is 0.618. The summed E-state index contributed by atoms with van der Waals surface area (Å²) >= 11 is 0. The molecule has 0 radical (unpaired) electrons. The van der Waals surface area contributed by atoms with Gasteiger partial charge in [-0.2, -0.15) is 0 Å². The number of carbonyl (C=O) groups is 1. The third-order valence-electron chi connectivity index (χ3n) is 3.10. The minimum atomic E-state index is -1.03. The fraction of sp³-hybridized carbons (Fsp3) is 0.333. The molecule has 0 saturated carbocycles. The Morgan fingerprint density at radius 3 is 2.68 bits per heavy atom. The van der Waals surface area contributed by atoms with Gasteiger partial charge in [0, 0.05) is 11.1 Å². The van der Waals surface area contributed by atoms with Crippen molar-refractivity contribution in [3.8, 4) is 0 Å². The fourth-order valence-corrected chi connectivity index (χ4v) is 2.31. The quantitative estimate of drug-likeness (QED) is 0.918. The van der Waals surface area contributed by atoms with Crippen LogP contribution >= 0.6 is 0 Å². The van der Waals surface area contributed by atoms with Gasteiger partial charge in [-0.25, -0.2) is 14.2 Å². The normalized spacial score (nSPS) is 11.2. The first-order chi connectivity index (χ1) is 8.91. The van der Waals surface area contributed by atoms with E-state index < -0.39 is 11.8 Å². The average molecular weight is 261 g/mol. The molecule has 0 spiro atoms. The molecule has 1 aromatic carbocycles. The number of benzene rings is 1. The van der Waals surface area contributed by atoms with Gasteiger partial charge in [0.05, 0.1) is 5.56 Å². The van der Waals surface area contributed by atoms with Crippen molar-refractivity contribution in [3.05, 3.63) is 40.8 Å². The number of halogens is 1. The van der Waals surface area contributed by atoms with Crippen LogP contribution < -0.4 is 0 Å². The Morgan fingerprint density at radius 2 is 2.11 bits per heavy atom. The van der Waals surface area contributed by atoms with Crippen LogP contribution in [0.25, 0.3) is 10.9 Å². The smallest absolute Gasteiger partial charge is 0.336 e. The van der Waals surface area contributed by atoms with E-state index in [0.717, 1.165) is 0 Å². The first-order valence-corrected chi connectivity index (χ1v) is 6.22. The van der Waals surface area contributed by atoms with Crippen LogP contribution in [0.15, 0.2) is 18.2 Å². The maximum atomic E-state index is 13.7. The highest BCUT2D eigenvalue weighted by Gasteiger charge is 2.20. The molecule has 0 atom stereocenters. The van der Waals surface area contributed by atoms with E-state index in [1.807, 2.05) is 13.8 Å². The molecular weight excluding hydrogens is 245 g/mol. The number of rotatable bonds is 3. The van der Waals surface area contributed by atoms with Crippen molar-refractivity contribution < 1.29 is 14.3 Å². The lowest BCUT2D eigenvalue weighted by molar-refractivity contribution is 0.0697. The second-order valence-electron chi connectivity index (χ2n) is 5.09. The van der Waals surface area contributed by atoms with Crippen LogP contribution in [-0.4, -0.2) is 16.1 Å². The molecule has 19 heavy (non-hydrogen) atoms. The highest BCUT2D eigenvalue weighted by Crippen LogP contribution is 2.27. The van der Waals surface area contributed by atoms with Crippen molar-refractivity contribution in [2.45, 2.75) is 27.2 Å². The molecule has 2 rings (SSSR count). The van der Waals surface area contributed by atoms with Gasteiger partial charge in [-0.15, -0.1) is 0 Å². The topological polar surface area (TPSA) is 50.2 Å². The molecule has 0 bridgehead atoms. The van der Waals surface area contributed by atoms with Crippen LogP contribution in [0, 0.1) is 18.7 Å². The number of aryl methyl sites for hydroxylation is 1. The van der Waals surface area contributed by atoms with Gasteiger partial charge < -0.3 is 5.11 Å². The van der Waals surface area contributed by atoms with Crippen LogP contribution in [0.1, 0.15) is 35.5 Å². The molecule has 2 aromatic rings. The molecule has 0 aliphatic carbocycles. The van der Waals surface area contributed by atoms with Crippen LogP contribution in [-0.2, 0) is 6.42 Å². The number of aromatic nitrogens is 1. The van der Waals surface area contributed by atoms with E-state index in [-0.39, 0.29) is 11.1 Å². The maximum Gasteiger partial charge on any atom is 0.336 e. The zero-order valence-corrected chi connectivity index (χ0v) is 11.2. The summed E-state index contributed by atoms with van der Waals surface area (Å²) in [5, 5.41) is 9.81. The number of hydrogen-bond donors (Lipinski definition) is 1. The van der Waals surface area contributed by atoms with E-state index in [1.54, 1.807) is 13.0 Å². The fourth-order valence-electron chi connectivity index (χ4n) is 2.31. The van der Waals surface area contributed by atoms with Crippen molar-refractivity contribution in [3.63, 3.8) is 0 Å². The molecule has 4 heteroatoms. The van der Waals surface area contributed by atoms with E-state index >= 15 is 0 Å². The SMILES string of the molecule is Cc1nc2c(F)cccc2c(C(=O)O)c1CC(C)C. The van der Waals surface area contributed by atoms with Gasteiger partial charge in [-0.3, -0.25) is 0 Å². The maximum absolute atomic E-state index is 13.7. The second-order valence-corrected chi connectivity index (χ2v) is 5.09. The Labute approximate surface area is 111 Å². The van der Waals surface area contributed by atoms with Crippen LogP contribution in [0.5, 0.6) is 0 Å². The number of para-hydroxylation sites is 1. The Hall–Kier alpha value is -1.97. The first kappa shape index (κ1) is 13.5. The van der Waals surface area contributed by atoms with Crippen LogP contribution in [0.4, 0.5) is 4.39 Å². The molecule has 1 N–H and O–H groups in total. The number of hydrogen-bond acceptors (Lipinski definition) is 2. The lowest BCUT2D eigenvalue weighted by Gasteiger charge is -2.14. The lowest BCUT2D eigenvalue weighted by Crippen LogP contribution is -2.10. The second kappa shape index (κ2) is 4.96. The number of fused-ring (bicyclic) bond motifs is 1. The monoisotopic (exact) mass is 261 g/mol. The molecule has 0 aliphatic rings. The Morgan fingerprint density at radius 1 is 1.42 bits per heavy atom. The van der Waals surface area contributed by atoms with Crippen LogP contribution in [0.2, 0.25) is 0 Å². The van der Waals surface area contributed by atoms with Crippen molar-refractivity contribution in [2.24, 2.45) is 5.92 Å². The summed E-state index contributed by atoms with van der Waals surface area (Å²) in [6, 6.07) is 4.42. The Balaban J connectivity index is 2.85. The average Bonchev–Trinajstić information content (AvgIpc) is 2.30. The minimum Gasteiger partial charge on any atom is -0.478 e. The highest BCUT2D eigenvalue weighted by atomic mass is 19.1. The molecule has 0 amide bonds. The van der Waals surface area contributed by atoms with E-state index in [0.29, 0.717) is 29.0 Å². The number of pyridine rings is 1. The van der Waals surface area contributed by atoms with Gasteiger partial charge in [0.2, 0.25) is 0 Å². The molecular formula is C15H16FNO2.